The summed E-state index contributed by atoms with van der Waals surface area (Å²) in [7, 11) is 0. The van der Waals surface area contributed by atoms with Gasteiger partial charge < -0.3 is 9.47 Å². The van der Waals surface area contributed by atoms with Crippen molar-refractivity contribution >= 4 is 11.6 Å². The largest absolute Gasteiger partial charge is 0.586 e. The number of rotatable bonds is 3. The fraction of sp³-hybridized carbons (Fsp3) is 0.429. The quantitative estimate of drug-likeness (QED) is 0.810. The number of benzene rings is 1. The zero-order valence-electron chi connectivity index (χ0n) is 10.4. The van der Waals surface area contributed by atoms with Crippen LogP contribution in [0.5, 0.6) is 11.5 Å². The molecule has 2 nitrogen and oxygen atoms in total. The minimum atomic E-state index is -3.57. The number of hydrogen-bond donors (Lipinski definition) is 0. The minimum absolute atomic E-state index is 0.0696. The molecule has 102 valence electrons. The maximum atomic E-state index is 13.0. The second kappa shape index (κ2) is 4.10. The lowest BCUT2D eigenvalue weighted by Gasteiger charge is -2.15. The third kappa shape index (κ3) is 2.08. The number of alkyl halides is 2. The zero-order chi connectivity index (χ0) is 13.7. The van der Waals surface area contributed by atoms with E-state index in [0.29, 0.717) is 0 Å². The highest BCUT2D eigenvalue weighted by molar-refractivity contribution is 6.31. The van der Waals surface area contributed by atoms with Gasteiger partial charge in [0.2, 0.25) is 0 Å². The van der Waals surface area contributed by atoms with Crippen LogP contribution in [0.1, 0.15) is 31.7 Å². The van der Waals surface area contributed by atoms with Gasteiger partial charge in [0.15, 0.2) is 11.5 Å². The summed E-state index contributed by atoms with van der Waals surface area (Å²) in [5.74, 6) is 0.148. The first-order valence-corrected chi connectivity index (χ1v) is 6.61. The normalized spacial score (nSPS) is 22.4. The van der Waals surface area contributed by atoms with Crippen LogP contribution in [-0.4, -0.2) is 6.29 Å². The Morgan fingerprint density at radius 2 is 2.00 bits per heavy atom. The van der Waals surface area contributed by atoms with E-state index in [4.69, 9.17) is 11.6 Å². The molecule has 2 aliphatic rings. The molecule has 0 unspecified atom stereocenters. The first-order chi connectivity index (χ1) is 8.97. The highest BCUT2D eigenvalue weighted by Crippen LogP contribution is 2.57. The molecule has 0 spiro atoms. The fourth-order valence-corrected chi connectivity index (χ4v) is 2.86. The Balaban J connectivity index is 1.95. The Morgan fingerprint density at radius 1 is 1.32 bits per heavy atom. The number of fused-ring (bicyclic) bond motifs is 1. The van der Waals surface area contributed by atoms with Crippen molar-refractivity contribution in [1.82, 2.24) is 0 Å². The van der Waals surface area contributed by atoms with Crippen LogP contribution in [-0.2, 0) is 5.41 Å². The smallest absolute Gasteiger partial charge is 0.395 e. The Kier molecular flexibility index (Phi) is 2.75. The molecule has 1 aliphatic carbocycles. The highest BCUT2D eigenvalue weighted by Gasteiger charge is 2.49. The van der Waals surface area contributed by atoms with Gasteiger partial charge >= 0.3 is 6.29 Å². The van der Waals surface area contributed by atoms with Gasteiger partial charge in [0.1, 0.15) is 0 Å². The fourth-order valence-electron chi connectivity index (χ4n) is 2.41. The lowest BCUT2D eigenvalue weighted by atomic mass is 9.94. The molecule has 0 radical (unpaired) electrons. The van der Waals surface area contributed by atoms with Gasteiger partial charge in [-0.15, -0.1) is 8.78 Å². The van der Waals surface area contributed by atoms with Crippen LogP contribution in [0, 0.1) is 0 Å². The average molecular weight is 287 g/mol. The van der Waals surface area contributed by atoms with E-state index in [1.165, 1.54) is 6.07 Å². The molecule has 19 heavy (non-hydrogen) atoms. The molecular weight excluding hydrogens is 274 g/mol. The molecule has 0 bridgehead atoms. The van der Waals surface area contributed by atoms with E-state index in [0.717, 1.165) is 29.9 Å². The van der Waals surface area contributed by atoms with Gasteiger partial charge in [-0.2, -0.15) is 0 Å². The summed E-state index contributed by atoms with van der Waals surface area (Å²) in [5, 5.41) is 0.778. The highest BCUT2D eigenvalue weighted by atomic mass is 35.5. The second-order valence-electron chi connectivity index (χ2n) is 4.87. The van der Waals surface area contributed by atoms with Crippen LogP contribution in [0.3, 0.4) is 0 Å². The molecule has 0 saturated heterocycles. The van der Waals surface area contributed by atoms with Crippen molar-refractivity contribution in [2.24, 2.45) is 0 Å². The third-order valence-electron chi connectivity index (χ3n) is 3.54. The molecule has 3 rings (SSSR count). The maximum Gasteiger partial charge on any atom is 0.586 e. The third-order valence-corrected chi connectivity index (χ3v) is 4.06. The van der Waals surface area contributed by atoms with Gasteiger partial charge in [-0.05, 0) is 37.0 Å². The molecule has 0 atom stereocenters. The van der Waals surface area contributed by atoms with Crippen molar-refractivity contribution in [2.75, 3.05) is 0 Å². The van der Waals surface area contributed by atoms with Gasteiger partial charge in [-0.3, -0.25) is 0 Å². The van der Waals surface area contributed by atoms with E-state index in [1.807, 2.05) is 13.0 Å². The molecule has 1 aromatic carbocycles. The Labute approximate surface area is 115 Å². The van der Waals surface area contributed by atoms with E-state index in [9.17, 15) is 8.78 Å². The first-order valence-electron chi connectivity index (χ1n) is 6.23. The van der Waals surface area contributed by atoms with Crippen LogP contribution in [0.25, 0.3) is 0 Å². The van der Waals surface area contributed by atoms with Crippen LogP contribution in [0.4, 0.5) is 8.78 Å². The molecule has 1 saturated carbocycles. The summed E-state index contributed by atoms with van der Waals surface area (Å²) >= 11 is 6.32. The summed E-state index contributed by atoms with van der Waals surface area (Å²) in [6, 6.07) is 4.90. The lowest BCUT2D eigenvalue weighted by Crippen LogP contribution is -2.25. The molecule has 5 heteroatoms. The lowest BCUT2D eigenvalue weighted by molar-refractivity contribution is -0.286. The Morgan fingerprint density at radius 3 is 2.63 bits per heavy atom. The Bertz CT molecular complexity index is 550. The van der Waals surface area contributed by atoms with Crippen LogP contribution < -0.4 is 9.47 Å². The van der Waals surface area contributed by atoms with Gasteiger partial charge in [0, 0.05) is 10.4 Å². The molecule has 1 heterocycles. The van der Waals surface area contributed by atoms with Crippen molar-refractivity contribution < 1.29 is 18.3 Å². The van der Waals surface area contributed by atoms with Gasteiger partial charge in [0.05, 0.1) is 0 Å². The zero-order valence-corrected chi connectivity index (χ0v) is 11.1. The number of ether oxygens (including phenoxy) is 2. The molecular formula is C14H13ClF2O2. The van der Waals surface area contributed by atoms with Crippen molar-refractivity contribution in [3.63, 3.8) is 0 Å². The van der Waals surface area contributed by atoms with Gasteiger partial charge in [-0.1, -0.05) is 30.7 Å². The summed E-state index contributed by atoms with van der Waals surface area (Å²) in [6.07, 6.45) is 1.11. The summed E-state index contributed by atoms with van der Waals surface area (Å²) in [5.41, 5.74) is 0.690. The minimum Gasteiger partial charge on any atom is -0.395 e. The van der Waals surface area contributed by atoms with E-state index >= 15 is 0 Å². The topological polar surface area (TPSA) is 18.5 Å². The summed E-state index contributed by atoms with van der Waals surface area (Å²) < 4.78 is 34.8. The maximum absolute atomic E-state index is 13.0. The van der Waals surface area contributed by atoms with E-state index < -0.39 is 6.29 Å². The first kappa shape index (κ1) is 12.7. The molecule has 1 fully saturated rings. The van der Waals surface area contributed by atoms with E-state index in [1.54, 1.807) is 12.1 Å². The van der Waals surface area contributed by atoms with Gasteiger partial charge in [-0.25, -0.2) is 0 Å². The predicted octanol–water partition coefficient (Wildman–Crippen LogP) is 4.57. The van der Waals surface area contributed by atoms with Crippen molar-refractivity contribution in [3.05, 3.63) is 34.9 Å². The standard InChI is InChI=1S/C14H13ClF2O2/c1-2-3-12(15)13(6-7-13)9-4-5-10-11(8-9)19-14(16,17)18-10/h3-5,8H,2,6-7H2,1H3/b12-3+. The van der Waals surface area contributed by atoms with E-state index in [2.05, 4.69) is 9.47 Å². The van der Waals surface area contributed by atoms with Crippen LogP contribution in [0.15, 0.2) is 29.3 Å². The van der Waals surface area contributed by atoms with E-state index in [-0.39, 0.29) is 16.9 Å². The molecule has 0 N–H and O–H groups in total. The molecule has 1 aromatic rings. The van der Waals surface area contributed by atoms with Gasteiger partial charge in [0.25, 0.3) is 0 Å². The Hall–Kier alpha value is -1.29. The number of halogens is 3. The summed E-state index contributed by atoms with van der Waals surface area (Å²) in [4.78, 5) is 0. The van der Waals surface area contributed by atoms with Crippen LogP contribution >= 0.6 is 11.6 Å². The number of hydrogen-bond acceptors (Lipinski definition) is 2. The van der Waals surface area contributed by atoms with Crippen molar-refractivity contribution in [1.29, 1.82) is 0 Å². The second-order valence-corrected chi connectivity index (χ2v) is 5.28. The average Bonchev–Trinajstić information content (AvgIpc) is 3.07. The molecule has 0 amide bonds. The molecule has 1 aliphatic heterocycles. The van der Waals surface area contributed by atoms with Crippen molar-refractivity contribution in [3.8, 4) is 11.5 Å². The summed E-state index contributed by atoms with van der Waals surface area (Å²) in [6.45, 7) is 2.01. The number of allylic oxidation sites excluding steroid dienone is 2. The molecule has 0 aromatic heterocycles. The van der Waals surface area contributed by atoms with Crippen molar-refractivity contribution in [2.45, 2.75) is 37.9 Å². The SMILES string of the molecule is CC/C=C(/Cl)C1(c2ccc3c(c2)OC(F)(F)O3)CC1. The monoisotopic (exact) mass is 286 g/mol. The predicted molar refractivity (Wildman–Crippen MR) is 67.8 cm³/mol. The van der Waals surface area contributed by atoms with Crippen LogP contribution in [0.2, 0.25) is 0 Å².